The summed E-state index contributed by atoms with van der Waals surface area (Å²) in [7, 11) is 0. The molecule has 3 unspecified atom stereocenters. The maximum Gasteiger partial charge on any atom is 0.0690 e. The highest BCUT2D eigenvalue weighted by atomic mass is 16.5. The van der Waals surface area contributed by atoms with E-state index < -0.39 is 0 Å². The van der Waals surface area contributed by atoms with E-state index >= 15 is 0 Å². The Morgan fingerprint density at radius 3 is 2.64 bits per heavy atom. The quantitative estimate of drug-likeness (QED) is 0.702. The van der Waals surface area contributed by atoms with E-state index in [1.54, 1.807) is 0 Å². The van der Waals surface area contributed by atoms with Crippen LogP contribution >= 0.6 is 0 Å². The smallest absolute Gasteiger partial charge is 0.0690 e. The molecule has 0 heterocycles. The third-order valence-electron chi connectivity index (χ3n) is 3.36. The molecule has 0 radical (unpaired) electrons. The van der Waals surface area contributed by atoms with E-state index in [4.69, 9.17) is 10.5 Å². The summed E-state index contributed by atoms with van der Waals surface area (Å²) < 4.78 is 5.77. The van der Waals surface area contributed by atoms with Crippen LogP contribution in [0.25, 0.3) is 0 Å². The number of nitrogens with two attached hydrogens (primary N) is 1. The van der Waals surface area contributed by atoms with Crippen molar-refractivity contribution in [3.63, 3.8) is 0 Å². The molecule has 0 aliphatic heterocycles. The molecular weight excluding hydrogens is 174 g/mol. The summed E-state index contributed by atoms with van der Waals surface area (Å²) in [5.41, 5.74) is 6.45. The van der Waals surface area contributed by atoms with E-state index in [1.165, 1.54) is 19.3 Å². The van der Waals surface area contributed by atoms with Crippen molar-refractivity contribution >= 4 is 0 Å². The van der Waals surface area contributed by atoms with Crippen molar-refractivity contribution < 1.29 is 4.74 Å². The minimum Gasteiger partial charge on any atom is -0.374 e. The van der Waals surface area contributed by atoms with Gasteiger partial charge >= 0.3 is 0 Å². The van der Waals surface area contributed by atoms with Crippen LogP contribution < -0.4 is 5.73 Å². The second-order valence-corrected chi connectivity index (χ2v) is 4.65. The number of rotatable bonds is 4. The topological polar surface area (TPSA) is 35.2 Å². The molecule has 0 aromatic rings. The zero-order valence-corrected chi connectivity index (χ0v) is 9.46. The van der Waals surface area contributed by atoms with Gasteiger partial charge in [-0.1, -0.05) is 20.4 Å². The highest BCUT2D eigenvalue weighted by Crippen LogP contribution is 2.30. The maximum absolute atomic E-state index is 5.77. The number of hydrogen-bond donors (Lipinski definition) is 1. The Morgan fingerprint density at radius 1 is 1.36 bits per heavy atom. The molecule has 0 aromatic heterocycles. The van der Waals surface area contributed by atoms with Gasteiger partial charge in [-0.2, -0.15) is 0 Å². The second kappa shape index (κ2) is 5.52. The van der Waals surface area contributed by atoms with E-state index in [0.29, 0.717) is 19.3 Å². The highest BCUT2D eigenvalue weighted by Gasteiger charge is 2.24. The van der Waals surface area contributed by atoms with Crippen LogP contribution in [0.3, 0.4) is 0 Å². The van der Waals surface area contributed by atoms with Crippen LogP contribution in [0.1, 0.15) is 33.1 Å². The zero-order chi connectivity index (χ0) is 10.6. The first kappa shape index (κ1) is 11.7. The van der Waals surface area contributed by atoms with Gasteiger partial charge < -0.3 is 10.5 Å². The van der Waals surface area contributed by atoms with Crippen molar-refractivity contribution in [3.8, 4) is 0 Å². The van der Waals surface area contributed by atoms with Gasteiger partial charge in [0.15, 0.2) is 0 Å². The predicted molar refractivity (Wildman–Crippen MR) is 60.1 cm³/mol. The summed E-state index contributed by atoms with van der Waals surface area (Å²) in [6.07, 6.45) is 4.12. The first-order valence-corrected chi connectivity index (χ1v) is 5.61. The van der Waals surface area contributed by atoms with Crippen molar-refractivity contribution in [2.75, 3.05) is 13.2 Å². The Labute approximate surface area is 87.5 Å². The molecule has 2 nitrogen and oxygen atoms in total. The van der Waals surface area contributed by atoms with Crippen molar-refractivity contribution in [3.05, 3.63) is 12.2 Å². The molecule has 3 atom stereocenters. The Balaban J connectivity index is 2.23. The summed E-state index contributed by atoms with van der Waals surface area (Å²) in [6, 6.07) is 0. The lowest BCUT2D eigenvalue weighted by Crippen LogP contribution is -2.27. The van der Waals surface area contributed by atoms with Gasteiger partial charge in [0.05, 0.1) is 12.7 Å². The van der Waals surface area contributed by atoms with Gasteiger partial charge in [0.25, 0.3) is 0 Å². The lowest BCUT2D eigenvalue weighted by molar-refractivity contribution is 0.0140. The van der Waals surface area contributed by atoms with Crippen molar-refractivity contribution in [1.82, 2.24) is 0 Å². The molecule has 1 aliphatic carbocycles. The molecule has 2 N–H and O–H groups in total. The molecule has 2 heteroatoms. The molecular formula is C12H23NO. The van der Waals surface area contributed by atoms with E-state index in [-0.39, 0.29) is 0 Å². The van der Waals surface area contributed by atoms with E-state index in [1.807, 2.05) is 0 Å². The average molecular weight is 197 g/mol. The monoisotopic (exact) mass is 197 g/mol. The van der Waals surface area contributed by atoms with Crippen LogP contribution in [0.5, 0.6) is 0 Å². The predicted octanol–water partition coefficient (Wildman–Crippen LogP) is 2.34. The fraction of sp³-hybridized carbons (Fsp3) is 0.833. The third-order valence-corrected chi connectivity index (χ3v) is 3.36. The fourth-order valence-electron chi connectivity index (χ4n) is 1.94. The van der Waals surface area contributed by atoms with Crippen molar-refractivity contribution in [2.24, 2.45) is 17.6 Å². The molecule has 1 aliphatic rings. The van der Waals surface area contributed by atoms with Crippen molar-refractivity contribution in [1.29, 1.82) is 0 Å². The number of ether oxygens (including phenoxy) is 1. The fourth-order valence-corrected chi connectivity index (χ4v) is 1.94. The largest absolute Gasteiger partial charge is 0.374 e. The molecule has 0 bridgehead atoms. The molecule has 1 saturated carbocycles. The molecule has 0 amide bonds. The van der Waals surface area contributed by atoms with E-state index in [2.05, 4.69) is 20.4 Å². The maximum atomic E-state index is 5.77. The molecule has 0 spiro atoms. The van der Waals surface area contributed by atoms with Gasteiger partial charge in [-0.05, 0) is 36.7 Å². The van der Waals surface area contributed by atoms with Crippen LogP contribution in [0, 0.1) is 11.8 Å². The summed E-state index contributed by atoms with van der Waals surface area (Å²) in [4.78, 5) is 0. The van der Waals surface area contributed by atoms with Gasteiger partial charge in [0.1, 0.15) is 0 Å². The molecule has 0 aromatic carbocycles. The van der Waals surface area contributed by atoms with Crippen LogP contribution in [0.15, 0.2) is 12.2 Å². The van der Waals surface area contributed by atoms with Crippen LogP contribution in [0.4, 0.5) is 0 Å². The molecule has 14 heavy (non-hydrogen) atoms. The first-order valence-electron chi connectivity index (χ1n) is 5.61. The summed E-state index contributed by atoms with van der Waals surface area (Å²) >= 11 is 0. The van der Waals surface area contributed by atoms with E-state index in [0.717, 1.165) is 17.4 Å². The minimum absolute atomic E-state index is 0.435. The highest BCUT2D eigenvalue weighted by molar-refractivity contribution is 4.95. The minimum atomic E-state index is 0.435. The molecule has 0 saturated heterocycles. The van der Waals surface area contributed by atoms with Crippen LogP contribution in [-0.2, 0) is 4.74 Å². The van der Waals surface area contributed by atoms with Gasteiger partial charge in [-0.15, -0.1) is 0 Å². The average Bonchev–Trinajstić information content (AvgIpc) is 2.19. The van der Waals surface area contributed by atoms with E-state index in [9.17, 15) is 0 Å². The first-order chi connectivity index (χ1) is 6.63. The molecule has 82 valence electrons. The Morgan fingerprint density at radius 2 is 2.07 bits per heavy atom. The standard InChI is InChI=1S/C12H23NO/c1-9(7-13)8-14-12-5-4-10(2)11(3)6-12/h10-12H,1,4-8,13H2,2-3H3. The molecule has 1 fully saturated rings. The summed E-state index contributed by atoms with van der Waals surface area (Å²) in [5.74, 6) is 1.65. The van der Waals surface area contributed by atoms with Crippen LogP contribution in [0.2, 0.25) is 0 Å². The van der Waals surface area contributed by atoms with Gasteiger partial charge in [0.2, 0.25) is 0 Å². The normalized spacial score (nSPS) is 32.9. The van der Waals surface area contributed by atoms with Crippen molar-refractivity contribution in [2.45, 2.75) is 39.2 Å². The second-order valence-electron chi connectivity index (χ2n) is 4.65. The SMILES string of the molecule is C=C(CN)COC1CCC(C)C(C)C1. The van der Waals surface area contributed by atoms with Gasteiger partial charge in [0, 0.05) is 6.54 Å². The molecule has 1 rings (SSSR count). The Kier molecular flexibility index (Phi) is 4.63. The summed E-state index contributed by atoms with van der Waals surface area (Å²) in [6.45, 7) is 9.67. The van der Waals surface area contributed by atoms with Gasteiger partial charge in [-0.25, -0.2) is 0 Å². The lowest BCUT2D eigenvalue weighted by atomic mass is 9.80. The lowest BCUT2D eigenvalue weighted by Gasteiger charge is -2.32. The zero-order valence-electron chi connectivity index (χ0n) is 9.46. The number of hydrogen-bond acceptors (Lipinski definition) is 2. The Bertz CT molecular complexity index is 191. The summed E-state index contributed by atoms with van der Waals surface area (Å²) in [5, 5.41) is 0. The van der Waals surface area contributed by atoms with Crippen LogP contribution in [-0.4, -0.2) is 19.3 Å². The third kappa shape index (κ3) is 3.43. The Hall–Kier alpha value is -0.340. The van der Waals surface area contributed by atoms with Gasteiger partial charge in [-0.3, -0.25) is 0 Å².